The lowest BCUT2D eigenvalue weighted by Gasteiger charge is -2.34. The molecule has 4 N–H and O–H groups in total. The van der Waals surface area contributed by atoms with Crippen LogP contribution >= 0.6 is 0 Å². The Morgan fingerprint density at radius 3 is 2.53 bits per heavy atom. The van der Waals surface area contributed by atoms with E-state index >= 15 is 0 Å². The molecule has 1 aliphatic heterocycles. The monoisotopic (exact) mass is 271 g/mol. The number of ether oxygens (including phenoxy) is 1. The predicted molar refractivity (Wildman–Crippen MR) is 67.7 cm³/mol. The lowest BCUT2D eigenvalue weighted by atomic mass is 10.0. The number of rotatable bonds is 5. The van der Waals surface area contributed by atoms with Gasteiger partial charge in [0.15, 0.2) is 5.84 Å². The molecule has 7 nitrogen and oxygen atoms in total. The predicted octanol–water partition coefficient (Wildman–Crippen LogP) is -0.487. The Hall–Kier alpha value is -1.34. The number of amidine groups is 1. The number of likely N-dealkylation sites (tertiary alicyclic amines) is 1. The molecule has 1 amide bonds. The van der Waals surface area contributed by atoms with Crippen LogP contribution in [0, 0.1) is 5.41 Å². The average Bonchev–Trinajstić information content (AvgIpc) is 3.25. The Labute approximate surface area is 112 Å². The van der Waals surface area contributed by atoms with Crippen molar-refractivity contribution in [1.82, 2.24) is 4.90 Å². The summed E-state index contributed by atoms with van der Waals surface area (Å²) in [5.41, 5.74) is 4.86. The van der Waals surface area contributed by atoms with Crippen LogP contribution in [0.15, 0.2) is 5.16 Å². The Bertz CT molecular complexity index is 360. The van der Waals surface area contributed by atoms with E-state index in [1.54, 1.807) is 4.90 Å². The van der Waals surface area contributed by atoms with Crippen LogP contribution in [-0.2, 0) is 9.53 Å². The van der Waals surface area contributed by atoms with Crippen LogP contribution in [0.5, 0.6) is 0 Å². The number of aliphatic hydroxyl groups excluding tert-OH is 1. The van der Waals surface area contributed by atoms with Crippen molar-refractivity contribution < 1.29 is 19.8 Å². The average molecular weight is 271 g/mol. The first-order valence-corrected chi connectivity index (χ1v) is 6.64. The maximum atomic E-state index is 12.4. The van der Waals surface area contributed by atoms with E-state index in [1.165, 1.54) is 0 Å². The highest BCUT2D eigenvalue weighted by atomic mass is 16.5. The Balaban J connectivity index is 1.86. The summed E-state index contributed by atoms with van der Waals surface area (Å²) in [5, 5.41) is 20.4. The number of piperidine rings is 1. The first-order valence-electron chi connectivity index (χ1n) is 6.64. The molecule has 0 radical (unpaired) electrons. The summed E-state index contributed by atoms with van der Waals surface area (Å²) >= 11 is 0. The largest absolute Gasteiger partial charge is 0.409 e. The van der Waals surface area contributed by atoms with Crippen LogP contribution in [0.2, 0.25) is 0 Å². The molecular formula is C12H21N3O4. The minimum Gasteiger partial charge on any atom is -0.409 e. The Morgan fingerprint density at radius 1 is 1.42 bits per heavy atom. The number of carbonyl (C=O) groups excluding carboxylic acids is 1. The standard InChI is InChI=1S/C12H21N3O4/c13-10(14-18)12(3-4-12)11(17)15-5-1-9(2-6-15)19-8-7-16/h9,16,18H,1-8H2,(H2,13,14). The minimum atomic E-state index is -0.756. The third-order valence-corrected chi connectivity index (χ3v) is 3.93. The van der Waals surface area contributed by atoms with Gasteiger partial charge in [-0.2, -0.15) is 0 Å². The fourth-order valence-corrected chi connectivity index (χ4v) is 2.55. The molecule has 1 aliphatic carbocycles. The van der Waals surface area contributed by atoms with Gasteiger partial charge in [-0.15, -0.1) is 0 Å². The zero-order valence-electron chi connectivity index (χ0n) is 10.9. The van der Waals surface area contributed by atoms with Gasteiger partial charge in [-0.1, -0.05) is 5.16 Å². The van der Waals surface area contributed by atoms with E-state index in [0.29, 0.717) is 32.5 Å². The number of amides is 1. The van der Waals surface area contributed by atoms with Gasteiger partial charge >= 0.3 is 0 Å². The molecule has 1 saturated carbocycles. The molecule has 108 valence electrons. The zero-order chi connectivity index (χ0) is 13.9. The van der Waals surface area contributed by atoms with Crippen molar-refractivity contribution in [3.63, 3.8) is 0 Å². The van der Waals surface area contributed by atoms with E-state index in [0.717, 1.165) is 12.8 Å². The summed E-state index contributed by atoms with van der Waals surface area (Å²) in [4.78, 5) is 14.1. The zero-order valence-corrected chi connectivity index (χ0v) is 10.9. The topological polar surface area (TPSA) is 108 Å². The highest BCUT2D eigenvalue weighted by molar-refractivity contribution is 6.09. The smallest absolute Gasteiger partial charge is 0.236 e. The molecule has 1 saturated heterocycles. The first-order chi connectivity index (χ1) is 9.14. The summed E-state index contributed by atoms with van der Waals surface area (Å²) in [7, 11) is 0. The maximum absolute atomic E-state index is 12.4. The normalized spacial score (nSPS) is 23.4. The molecule has 19 heavy (non-hydrogen) atoms. The van der Waals surface area contributed by atoms with Crippen molar-refractivity contribution in [2.45, 2.75) is 31.8 Å². The number of aliphatic hydroxyl groups is 1. The number of hydrogen-bond acceptors (Lipinski definition) is 5. The van der Waals surface area contributed by atoms with Crippen molar-refractivity contribution in [3.8, 4) is 0 Å². The molecule has 0 spiro atoms. The van der Waals surface area contributed by atoms with Crippen molar-refractivity contribution in [1.29, 1.82) is 0 Å². The first kappa shape index (κ1) is 14.1. The van der Waals surface area contributed by atoms with Crippen LogP contribution in [0.3, 0.4) is 0 Å². The van der Waals surface area contributed by atoms with Gasteiger partial charge in [-0.3, -0.25) is 4.79 Å². The van der Waals surface area contributed by atoms with Crippen LogP contribution in [0.4, 0.5) is 0 Å². The van der Waals surface area contributed by atoms with E-state index < -0.39 is 5.41 Å². The molecule has 0 unspecified atom stereocenters. The third-order valence-electron chi connectivity index (χ3n) is 3.93. The van der Waals surface area contributed by atoms with Crippen LogP contribution in [-0.4, -0.2) is 59.4 Å². The minimum absolute atomic E-state index is 0.0196. The number of nitrogens with two attached hydrogens (primary N) is 1. The van der Waals surface area contributed by atoms with Crippen molar-refractivity contribution >= 4 is 11.7 Å². The van der Waals surface area contributed by atoms with Gasteiger partial charge in [0.05, 0.1) is 19.3 Å². The number of oxime groups is 1. The van der Waals surface area contributed by atoms with Gasteiger partial charge in [-0.25, -0.2) is 0 Å². The second-order valence-corrected chi connectivity index (χ2v) is 5.15. The fraction of sp³-hybridized carbons (Fsp3) is 0.833. The molecule has 0 aromatic carbocycles. The summed E-state index contributed by atoms with van der Waals surface area (Å²) in [5.74, 6) is -0.0143. The summed E-state index contributed by atoms with van der Waals surface area (Å²) in [6.07, 6.45) is 2.94. The van der Waals surface area contributed by atoms with Gasteiger partial charge in [0.1, 0.15) is 5.41 Å². The van der Waals surface area contributed by atoms with E-state index in [1.807, 2.05) is 0 Å². The van der Waals surface area contributed by atoms with Crippen molar-refractivity contribution in [2.75, 3.05) is 26.3 Å². The number of carbonyl (C=O) groups is 1. The molecule has 0 bridgehead atoms. The van der Waals surface area contributed by atoms with Crippen LogP contribution in [0.1, 0.15) is 25.7 Å². The van der Waals surface area contributed by atoms with Gasteiger partial charge in [0, 0.05) is 13.1 Å². The molecule has 2 rings (SSSR count). The van der Waals surface area contributed by atoms with E-state index in [4.69, 9.17) is 20.8 Å². The Morgan fingerprint density at radius 2 is 2.05 bits per heavy atom. The third kappa shape index (κ3) is 2.82. The van der Waals surface area contributed by atoms with Crippen LogP contribution in [0.25, 0.3) is 0 Å². The Kier molecular flexibility index (Phi) is 4.26. The molecule has 2 fully saturated rings. The molecule has 0 aromatic heterocycles. The lowest BCUT2D eigenvalue weighted by molar-refractivity contribution is -0.137. The molecule has 7 heteroatoms. The molecule has 1 heterocycles. The summed E-state index contributed by atoms with van der Waals surface area (Å²) < 4.78 is 5.45. The highest BCUT2D eigenvalue weighted by Gasteiger charge is 2.56. The van der Waals surface area contributed by atoms with E-state index in [9.17, 15) is 4.79 Å². The van der Waals surface area contributed by atoms with Gasteiger partial charge < -0.3 is 25.7 Å². The summed E-state index contributed by atoms with van der Waals surface area (Å²) in [6, 6.07) is 0. The second kappa shape index (κ2) is 5.75. The number of nitrogens with zero attached hydrogens (tertiary/aromatic N) is 2. The maximum Gasteiger partial charge on any atom is 0.236 e. The lowest BCUT2D eigenvalue weighted by Crippen LogP contribution is -2.48. The van der Waals surface area contributed by atoms with Gasteiger partial charge in [-0.05, 0) is 25.7 Å². The molecular weight excluding hydrogens is 250 g/mol. The SMILES string of the molecule is NC(=NO)C1(C(=O)N2CCC(OCCO)CC2)CC1. The van der Waals surface area contributed by atoms with Crippen molar-refractivity contribution in [3.05, 3.63) is 0 Å². The van der Waals surface area contributed by atoms with Gasteiger partial charge in [0.25, 0.3) is 0 Å². The van der Waals surface area contributed by atoms with E-state index in [-0.39, 0.29) is 24.5 Å². The summed E-state index contributed by atoms with van der Waals surface area (Å²) in [6.45, 7) is 1.60. The second-order valence-electron chi connectivity index (χ2n) is 5.15. The molecule has 0 aromatic rings. The van der Waals surface area contributed by atoms with E-state index in [2.05, 4.69) is 5.16 Å². The van der Waals surface area contributed by atoms with Gasteiger partial charge in [0.2, 0.25) is 5.91 Å². The van der Waals surface area contributed by atoms with Crippen molar-refractivity contribution in [2.24, 2.45) is 16.3 Å². The fourth-order valence-electron chi connectivity index (χ4n) is 2.55. The quantitative estimate of drug-likeness (QED) is 0.271. The number of hydrogen-bond donors (Lipinski definition) is 3. The van der Waals surface area contributed by atoms with Crippen LogP contribution < -0.4 is 5.73 Å². The molecule has 2 aliphatic rings. The molecule has 0 atom stereocenters. The highest BCUT2D eigenvalue weighted by Crippen LogP contribution is 2.47.